The van der Waals surface area contributed by atoms with Gasteiger partial charge in [-0.05, 0) is 25.0 Å². The average Bonchev–Trinajstić information content (AvgIpc) is 2.70. The first-order valence-electron chi connectivity index (χ1n) is 6.76. The first-order chi connectivity index (χ1) is 9.59. The van der Waals surface area contributed by atoms with Crippen molar-refractivity contribution in [3.63, 3.8) is 0 Å². The van der Waals surface area contributed by atoms with Crippen LogP contribution in [-0.2, 0) is 4.79 Å². The minimum absolute atomic E-state index is 0.0290. The van der Waals surface area contributed by atoms with Gasteiger partial charge in [0.1, 0.15) is 5.41 Å². The lowest BCUT2D eigenvalue weighted by molar-refractivity contribution is -0.123. The summed E-state index contributed by atoms with van der Waals surface area (Å²) in [5.41, 5.74) is -1.02. The molecule has 1 aromatic rings. The maximum absolute atomic E-state index is 13.8. The topological polar surface area (TPSA) is 52.9 Å². The van der Waals surface area contributed by atoms with Crippen molar-refractivity contribution in [3.8, 4) is 6.07 Å². The summed E-state index contributed by atoms with van der Waals surface area (Å²) in [5.74, 6) is -1.09. The zero-order chi connectivity index (χ0) is 14.6. The lowest BCUT2D eigenvalue weighted by atomic mass is 9.81. The zero-order valence-corrected chi connectivity index (χ0v) is 11.8. The molecular weight excluding hydrogens is 279 g/mol. The molecule has 0 spiro atoms. The number of carbonyl (C=O) groups excluding carboxylic acids is 1. The Labute approximate surface area is 122 Å². The standard InChI is InChI=1S/C15H16ClFN2O/c16-11-6-5-7-12(13(11)17)19-14(20)15(10-18)8-3-1-2-4-9-15/h5-7H,1-4,8-9H2,(H,19,20). The van der Waals surface area contributed by atoms with Crippen LogP contribution in [0, 0.1) is 22.6 Å². The Balaban J connectivity index is 2.21. The van der Waals surface area contributed by atoms with Crippen molar-refractivity contribution in [1.29, 1.82) is 5.26 Å². The number of rotatable bonds is 2. The van der Waals surface area contributed by atoms with Gasteiger partial charge in [-0.3, -0.25) is 4.79 Å². The van der Waals surface area contributed by atoms with Crippen molar-refractivity contribution in [1.82, 2.24) is 0 Å². The largest absolute Gasteiger partial charge is 0.322 e. The summed E-state index contributed by atoms with van der Waals surface area (Å²) in [7, 11) is 0. The molecule has 0 aliphatic heterocycles. The number of anilines is 1. The lowest BCUT2D eigenvalue weighted by Gasteiger charge is -2.23. The highest BCUT2D eigenvalue weighted by molar-refractivity contribution is 6.31. The Hall–Kier alpha value is -1.60. The Bertz CT molecular complexity index is 545. The molecule has 0 radical (unpaired) electrons. The molecule has 1 aromatic carbocycles. The smallest absolute Gasteiger partial charge is 0.244 e. The predicted molar refractivity (Wildman–Crippen MR) is 75.8 cm³/mol. The number of nitrogens with one attached hydrogen (secondary N) is 1. The Kier molecular flexibility index (Phi) is 4.61. The lowest BCUT2D eigenvalue weighted by Crippen LogP contribution is -2.34. The Morgan fingerprint density at radius 2 is 1.95 bits per heavy atom. The van der Waals surface area contributed by atoms with E-state index in [-0.39, 0.29) is 10.7 Å². The molecule has 0 atom stereocenters. The van der Waals surface area contributed by atoms with Crippen LogP contribution in [0.15, 0.2) is 18.2 Å². The summed E-state index contributed by atoms with van der Waals surface area (Å²) < 4.78 is 13.8. The van der Waals surface area contributed by atoms with Gasteiger partial charge < -0.3 is 5.32 Å². The van der Waals surface area contributed by atoms with Crippen molar-refractivity contribution in [3.05, 3.63) is 29.0 Å². The van der Waals surface area contributed by atoms with E-state index in [2.05, 4.69) is 11.4 Å². The monoisotopic (exact) mass is 294 g/mol. The molecule has 0 aromatic heterocycles. The van der Waals surface area contributed by atoms with Gasteiger partial charge in [0.2, 0.25) is 5.91 Å². The molecule has 0 bridgehead atoms. The maximum Gasteiger partial charge on any atom is 0.244 e. The van der Waals surface area contributed by atoms with Gasteiger partial charge in [0.05, 0.1) is 16.8 Å². The number of carbonyl (C=O) groups is 1. The molecule has 5 heteroatoms. The summed E-state index contributed by atoms with van der Waals surface area (Å²) in [4.78, 5) is 12.4. The first-order valence-corrected chi connectivity index (χ1v) is 7.13. The maximum atomic E-state index is 13.8. The second kappa shape index (κ2) is 6.23. The third-order valence-electron chi connectivity index (χ3n) is 3.81. The first kappa shape index (κ1) is 14.8. The number of nitrogens with zero attached hydrogens (tertiary/aromatic N) is 1. The molecule has 2 rings (SSSR count). The van der Waals surface area contributed by atoms with Gasteiger partial charge in [0, 0.05) is 0 Å². The van der Waals surface area contributed by atoms with Crippen molar-refractivity contribution < 1.29 is 9.18 Å². The van der Waals surface area contributed by atoms with Crippen LogP contribution in [0.5, 0.6) is 0 Å². The molecule has 0 saturated heterocycles. The Morgan fingerprint density at radius 1 is 1.30 bits per heavy atom. The third-order valence-corrected chi connectivity index (χ3v) is 4.10. The third kappa shape index (κ3) is 2.94. The van der Waals surface area contributed by atoms with Gasteiger partial charge in [0.25, 0.3) is 0 Å². The van der Waals surface area contributed by atoms with E-state index in [9.17, 15) is 14.4 Å². The fourth-order valence-corrected chi connectivity index (χ4v) is 2.74. The average molecular weight is 295 g/mol. The fraction of sp³-hybridized carbons (Fsp3) is 0.467. The number of nitriles is 1. The predicted octanol–water partition coefficient (Wildman–Crippen LogP) is 4.28. The van der Waals surface area contributed by atoms with Crippen molar-refractivity contribution in [2.45, 2.75) is 38.5 Å². The van der Waals surface area contributed by atoms with Crippen LogP contribution in [0.3, 0.4) is 0 Å². The van der Waals surface area contributed by atoms with Gasteiger partial charge in [-0.25, -0.2) is 4.39 Å². The summed E-state index contributed by atoms with van der Waals surface area (Å²) in [5, 5.41) is 11.9. The highest BCUT2D eigenvalue weighted by Gasteiger charge is 2.39. The number of hydrogen-bond acceptors (Lipinski definition) is 2. The molecule has 0 heterocycles. The SMILES string of the molecule is N#CC1(C(=O)Nc2cccc(Cl)c2F)CCCCCC1. The van der Waals surface area contributed by atoms with E-state index in [1.54, 1.807) is 6.07 Å². The summed E-state index contributed by atoms with van der Waals surface area (Å²) in [6.45, 7) is 0. The quantitative estimate of drug-likeness (QED) is 0.828. The van der Waals surface area contributed by atoms with Gasteiger partial charge in [0.15, 0.2) is 5.82 Å². The van der Waals surface area contributed by atoms with Gasteiger partial charge in [-0.2, -0.15) is 5.26 Å². The molecule has 1 saturated carbocycles. The molecule has 1 fully saturated rings. The summed E-state index contributed by atoms with van der Waals surface area (Å²) in [6, 6.07) is 6.57. The zero-order valence-electron chi connectivity index (χ0n) is 11.1. The van der Waals surface area contributed by atoms with Crippen LogP contribution in [0.25, 0.3) is 0 Å². The molecule has 106 valence electrons. The van der Waals surface area contributed by atoms with Crippen LogP contribution in [-0.4, -0.2) is 5.91 Å². The van der Waals surface area contributed by atoms with Gasteiger partial charge >= 0.3 is 0 Å². The molecular formula is C15H16ClFN2O. The Morgan fingerprint density at radius 3 is 2.55 bits per heavy atom. The van der Waals surface area contributed by atoms with Crippen LogP contribution in [0.4, 0.5) is 10.1 Å². The summed E-state index contributed by atoms with van der Waals surface area (Å²) >= 11 is 5.69. The van der Waals surface area contributed by atoms with Crippen LogP contribution in [0.1, 0.15) is 38.5 Å². The van der Waals surface area contributed by atoms with E-state index in [1.807, 2.05) is 0 Å². The second-order valence-corrected chi connectivity index (χ2v) is 5.57. The number of hydrogen-bond donors (Lipinski definition) is 1. The molecule has 20 heavy (non-hydrogen) atoms. The minimum atomic E-state index is -1.05. The van der Waals surface area contributed by atoms with Crippen LogP contribution in [0.2, 0.25) is 5.02 Å². The van der Waals surface area contributed by atoms with E-state index >= 15 is 0 Å². The van der Waals surface area contributed by atoms with Crippen molar-refractivity contribution in [2.75, 3.05) is 5.32 Å². The van der Waals surface area contributed by atoms with E-state index in [4.69, 9.17) is 11.6 Å². The summed E-state index contributed by atoms with van der Waals surface area (Å²) in [6.07, 6.45) is 4.80. The van der Waals surface area contributed by atoms with Crippen LogP contribution < -0.4 is 5.32 Å². The molecule has 1 amide bonds. The van der Waals surface area contributed by atoms with E-state index in [0.29, 0.717) is 12.8 Å². The van der Waals surface area contributed by atoms with Crippen molar-refractivity contribution >= 4 is 23.2 Å². The molecule has 3 nitrogen and oxygen atoms in total. The number of amides is 1. The second-order valence-electron chi connectivity index (χ2n) is 5.16. The molecule has 0 unspecified atom stereocenters. The van der Waals surface area contributed by atoms with Crippen LogP contribution >= 0.6 is 11.6 Å². The highest BCUT2D eigenvalue weighted by Crippen LogP contribution is 2.36. The van der Waals surface area contributed by atoms with Gasteiger partial charge in [-0.1, -0.05) is 43.4 Å². The molecule has 1 aliphatic rings. The fourth-order valence-electron chi connectivity index (χ4n) is 2.56. The highest BCUT2D eigenvalue weighted by atomic mass is 35.5. The van der Waals surface area contributed by atoms with E-state index in [0.717, 1.165) is 25.7 Å². The molecule has 1 aliphatic carbocycles. The molecule has 1 N–H and O–H groups in total. The van der Waals surface area contributed by atoms with Crippen molar-refractivity contribution in [2.24, 2.45) is 5.41 Å². The number of benzene rings is 1. The van der Waals surface area contributed by atoms with E-state index in [1.165, 1.54) is 12.1 Å². The van der Waals surface area contributed by atoms with Gasteiger partial charge in [-0.15, -0.1) is 0 Å². The number of halogens is 2. The normalized spacial score (nSPS) is 17.9. The van der Waals surface area contributed by atoms with E-state index < -0.39 is 17.1 Å². The minimum Gasteiger partial charge on any atom is -0.322 e.